The molecule has 0 aliphatic carbocycles. The van der Waals surface area contributed by atoms with Crippen molar-refractivity contribution in [2.24, 2.45) is 0 Å². The summed E-state index contributed by atoms with van der Waals surface area (Å²) in [5, 5.41) is 9.98. The molecule has 0 fully saturated rings. The number of hydrogen-bond acceptors (Lipinski definition) is 3. The van der Waals surface area contributed by atoms with E-state index in [-0.39, 0.29) is 11.5 Å². The topological polar surface area (TPSA) is 59.3 Å². The molecule has 1 heterocycles. The number of aromatic nitrogens is 1. The molecule has 4 nitrogen and oxygen atoms in total. The van der Waals surface area contributed by atoms with Crippen molar-refractivity contribution in [2.75, 3.05) is 6.61 Å². The Bertz CT molecular complexity index is 909. The van der Waals surface area contributed by atoms with Gasteiger partial charge in [0.1, 0.15) is 0 Å². The van der Waals surface area contributed by atoms with Crippen LogP contribution in [0.15, 0.2) is 59.6 Å². The van der Waals surface area contributed by atoms with E-state index in [1.54, 1.807) is 42.6 Å². The molecule has 0 atom stereocenters. The summed E-state index contributed by atoms with van der Waals surface area (Å²) in [7, 11) is -3.62. The van der Waals surface area contributed by atoms with Crippen molar-refractivity contribution in [1.29, 1.82) is 0 Å². The van der Waals surface area contributed by atoms with Crippen LogP contribution >= 0.6 is 0 Å². The number of rotatable bonds is 4. The van der Waals surface area contributed by atoms with Gasteiger partial charge in [-0.3, -0.25) is 0 Å². The Labute approximate surface area is 129 Å². The number of aliphatic hydroxyl groups is 1. The van der Waals surface area contributed by atoms with Gasteiger partial charge in [0.2, 0.25) is 0 Å². The van der Waals surface area contributed by atoms with Crippen molar-refractivity contribution in [3.63, 3.8) is 0 Å². The van der Waals surface area contributed by atoms with Crippen molar-refractivity contribution in [3.05, 3.63) is 65.9 Å². The second-order valence-corrected chi connectivity index (χ2v) is 7.07. The first kappa shape index (κ1) is 14.8. The zero-order valence-corrected chi connectivity index (χ0v) is 13.0. The number of hydrogen-bond donors (Lipinski definition) is 1. The summed E-state index contributed by atoms with van der Waals surface area (Å²) in [6, 6.07) is 14.1. The first-order chi connectivity index (χ1) is 10.5. The number of fused-ring (bicyclic) bond motifs is 1. The van der Waals surface area contributed by atoms with Gasteiger partial charge >= 0.3 is 0 Å². The smallest absolute Gasteiger partial charge is 0.268 e. The Morgan fingerprint density at radius 2 is 1.77 bits per heavy atom. The molecule has 0 saturated carbocycles. The fourth-order valence-electron chi connectivity index (χ4n) is 2.58. The molecule has 0 saturated heterocycles. The number of aliphatic hydroxyl groups excluding tert-OH is 1. The lowest BCUT2D eigenvalue weighted by Crippen LogP contribution is -2.11. The summed E-state index contributed by atoms with van der Waals surface area (Å²) in [5.41, 5.74) is 2.59. The molecule has 0 amide bonds. The van der Waals surface area contributed by atoms with Crippen molar-refractivity contribution in [1.82, 2.24) is 3.97 Å². The molecular weight excluding hydrogens is 298 g/mol. The van der Waals surface area contributed by atoms with Crippen molar-refractivity contribution >= 4 is 20.9 Å². The van der Waals surface area contributed by atoms with Gasteiger partial charge in [-0.25, -0.2) is 12.4 Å². The van der Waals surface area contributed by atoms with Gasteiger partial charge in [0.25, 0.3) is 10.0 Å². The molecule has 3 rings (SSSR count). The molecule has 22 heavy (non-hydrogen) atoms. The maximum absolute atomic E-state index is 12.8. The zero-order chi connectivity index (χ0) is 15.7. The minimum Gasteiger partial charge on any atom is -0.396 e. The summed E-state index contributed by atoms with van der Waals surface area (Å²) in [5.74, 6) is 0. The quantitative estimate of drug-likeness (QED) is 0.805. The summed E-state index contributed by atoms with van der Waals surface area (Å²) >= 11 is 0. The number of aryl methyl sites for hydroxylation is 1. The molecule has 0 radical (unpaired) electrons. The Morgan fingerprint density at radius 1 is 1.05 bits per heavy atom. The standard InChI is InChI=1S/C17H17NO3S/c1-13-5-7-15(8-6-13)22(20,21)18-11-9-16-14(10-12-19)3-2-4-17(16)18/h2-9,11,19H,10,12H2,1H3. The van der Waals surface area contributed by atoms with Crippen molar-refractivity contribution in [2.45, 2.75) is 18.2 Å². The van der Waals surface area contributed by atoms with E-state index in [2.05, 4.69) is 0 Å². The van der Waals surface area contributed by atoms with E-state index in [1.165, 1.54) is 3.97 Å². The van der Waals surface area contributed by atoms with Crippen LogP contribution in [-0.4, -0.2) is 24.1 Å². The predicted octanol–water partition coefficient (Wildman–Crippen LogP) is 2.72. The Hall–Kier alpha value is -2.11. The third-order valence-electron chi connectivity index (χ3n) is 3.75. The minimum absolute atomic E-state index is 0.0367. The monoisotopic (exact) mass is 315 g/mol. The Balaban J connectivity index is 2.17. The van der Waals surface area contributed by atoms with Gasteiger partial charge in [-0.1, -0.05) is 29.8 Å². The molecule has 2 aromatic carbocycles. The average molecular weight is 315 g/mol. The molecule has 114 valence electrons. The lowest BCUT2D eigenvalue weighted by atomic mass is 10.1. The third-order valence-corrected chi connectivity index (χ3v) is 5.45. The van der Waals surface area contributed by atoms with Crippen molar-refractivity contribution in [3.8, 4) is 0 Å². The van der Waals surface area contributed by atoms with Gasteiger partial charge in [0.05, 0.1) is 10.4 Å². The molecule has 3 aromatic rings. The maximum Gasteiger partial charge on any atom is 0.268 e. The van der Waals surface area contributed by atoms with Crippen LogP contribution in [0.4, 0.5) is 0 Å². The Kier molecular flexibility index (Phi) is 3.76. The lowest BCUT2D eigenvalue weighted by Gasteiger charge is -2.09. The van der Waals surface area contributed by atoms with E-state index >= 15 is 0 Å². The summed E-state index contributed by atoms with van der Waals surface area (Å²) in [6.45, 7) is 1.96. The maximum atomic E-state index is 12.8. The van der Waals surface area contributed by atoms with E-state index in [9.17, 15) is 8.42 Å². The van der Waals surface area contributed by atoms with Gasteiger partial charge in [0, 0.05) is 18.2 Å². The first-order valence-electron chi connectivity index (χ1n) is 7.06. The highest BCUT2D eigenvalue weighted by molar-refractivity contribution is 7.90. The van der Waals surface area contributed by atoms with Crippen LogP contribution in [0.1, 0.15) is 11.1 Å². The Morgan fingerprint density at radius 3 is 2.45 bits per heavy atom. The van der Waals surface area contributed by atoms with Crippen LogP contribution in [0.3, 0.4) is 0 Å². The van der Waals surface area contributed by atoms with Crippen LogP contribution in [-0.2, 0) is 16.4 Å². The van der Waals surface area contributed by atoms with E-state index in [1.807, 2.05) is 19.1 Å². The highest BCUT2D eigenvalue weighted by Gasteiger charge is 2.19. The molecule has 0 bridgehead atoms. The fraction of sp³-hybridized carbons (Fsp3) is 0.176. The van der Waals surface area contributed by atoms with Gasteiger partial charge in [-0.2, -0.15) is 0 Å². The molecule has 1 N–H and O–H groups in total. The van der Waals surface area contributed by atoms with Crippen LogP contribution in [0.25, 0.3) is 10.9 Å². The van der Waals surface area contributed by atoms with Gasteiger partial charge < -0.3 is 5.11 Å². The second-order valence-electron chi connectivity index (χ2n) is 5.25. The summed E-state index contributed by atoms with van der Waals surface area (Å²) < 4.78 is 26.9. The second kappa shape index (κ2) is 5.59. The number of benzene rings is 2. The molecule has 0 aliphatic heterocycles. The lowest BCUT2D eigenvalue weighted by molar-refractivity contribution is 0.300. The molecule has 0 unspecified atom stereocenters. The van der Waals surface area contributed by atoms with Crippen LogP contribution in [0.2, 0.25) is 0 Å². The predicted molar refractivity (Wildman–Crippen MR) is 86.5 cm³/mol. The van der Waals surface area contributed by atoms with E-state index in [4.69, 9.17) is 5.11 Å². The number of nitrogens with zero attached hydrogens (tertiary/aromatic N) is 1. The summed E-state index contributed by atoms with van der Waals surface area (Å²) in [6.07, 6.45) is 2.08. The van der Waals surface area contributed by atoms with Gasteiger partial charge in [-0.15, -0.1) is 0 Å². The molecule has 0 aliphatic rings. The van der Waals surface area contributed by atoms with Crippen LogP contribution in [0, 0.1) is 6.92 Å². The normalized spacial score (nSPS) is 11.9. The molecule has 0 spiro atoms. The fourth-order valence-corrected chi connectivity index (χ4v) is 3.92. The van der Waals surface area contributed by atoms with E-state index in [0.29, 0.717) is 11.9 Å². The third kappa shape index (κ3) is 2.42. The highest BCUT2D eigenvalue weighted by Crippen LogP contribution is 2.25. The zero-order valence-electron chi connectivity index (χ0n) is 12.2. The van der Waals surface area contributed by atoms with Crippen LogP contribution in [0.5, 0.6) is 0 Å². The largest absolute Gasteiger partial charge is 0.396 e. The molecule has 1 aromatic heterocycles. The van der Waals surface area contributed by atoms with E-state index in [0.717, 1.165) is 16.5 Å². The van der Waals surface area contributed by atoms with Crippen molar-refractivity contribution < 1.29 is 13.5 Å². The van der Waals surface area contributed by atoms with Gasteiger partial charge in [-0.05, 0) is 43.2 Å². The van der Waals surface area contributed by atoms with Gasteiger partial charge in [0.15, 0.2) is 0 Å². The molecule has 5 heteroatoms. The first-order valence-corrected chi connectivity index (χ1v) is 8.50. The molecular formula is C17H17NO3S. The van der Waals surface area contributed by atoms with Crippen LogP contribution < -0.4 is 0 Å². The highest BCUT2D eigenvalue weighted by atomic mass is 32.2. The minimum atomic E-state index is -3.62. The van der Waals surface area contributed by atoms with E-state index < -0.39 is 10.0 Å². The SMILES string of the molecule is Cc1ccc(S(=O)(=O)n2ccc3c(CCO)cccc32)cc1. The average Bonchev–Trinajstić information content (AvgIpc) is 2.94. The summed E-state index contributed by atoms with van der Waals surface area (Å²) in [4.78, 5) is 0.267.